The fraction of sp³-hybridized carbons (Fsp3) is 0.0476. The number of methoxy groups -OCH3 is 1. The molecule has 0 saturated carbocycles. The van der Waals surface area contributed by atoms with Crippen LogP contribution in [0, 0.1) is 5.82 Å². The van der Waals surface area contributed by atoms with Crippen molar-refractivity contribution in [3.8, 4) is 5.75 Å². The van der Waals surface area contributed by atoms with Crippen molar-refractivity contribution < 1.29 is 18.7 Å². The molecule has 0 heterocycles. The fourth-order valence-corrected chi connectivity index (χ4v) is 2.48. The summed E-state index contributed by atoms with van der Waals surface area (Å²) in [6, 6.07) is 18.8. The van der Waals surface area contributed by atoms with E-state index < -0.39 is 11.7 Å². The second-order valence-corrected chi connectivity index (χ2v) is 5.73. The molecule has 3 aromatic carbocycles. The Morgan fingerprint density at radius 3 is 1.93 bits per heavy atom. The number of nitrogens with one attached hydrogen (secondary N) is 2. The molecule has 0 fully saturated rings. The predicted octanol–water partition coefficient (Wildman–Crippen LogP) is 4.34. The minimum absolute atomic E-state index is 0.289. The highest BCUT2D eigenvalue weighted by Crippen LogP contribution is 2.18. The Bertz CT molecular complexity index is 988. The van der Waals surface area contributed by atoms with Crippen LogP contribution >= 0.6 is 0 Å². The van der Waals surface area contributed by atoms with Crippen LogP contribution in [0.5, 0.6) is 5.75 Å². The third-order valence-corrected chi connectivity index (χ3v) is 3.80. The average Bonchev–Trinajstić information content (AvgIpc) is 2.68. The summed E-state index contributed by atoms with van der Waals surface area (Å²) in [5, 5.41) is 5.36. The van der Waals surface area contributed by atoms with Crippen molar-refractivity contribution in [2.24, 2.45) is 0 Å². The van der Waals surface area contributed by atoms with E-state index in [1.54, 1.807) is 55.6 Å². The normalized spacial score (nSPS) is 10.1. The molecule has 0 bridgehead atoms. The Labute approximate surface area is 155 Å². The van der Waals surface area contributed by atoms with Crippen LogP contribution < -0.4 is 15.4 Å². The fourth-order valence-electron chi connectivity index (χ4n) is 2.48. The molecule has 136 valence electrons. The van der Waals surface area contributed by atoms with Crippen LogP contribution in [0.3, 0.4) is 0 Å². The molecule has 6 heteroatoms. The first kappa shape index (κ1) is 18.1. The van der Waals surface area contributed by atoms with Gasteiger partial charge in [-0.3, -0.25) is 9.59 Å². The summed E-state index contributed by atoms with van der Waals surface area (Å²) in [4.78, 5) is 24.8. The largest absolute Gasteiger partial charge is 0.497 e. The van der Waals surface area contributed by atoms with Crippen molar-refractivity contribution in [1.29, 1.82) is 0 Å². The van der Waals surface area contributed by atoms with Crippen molar-refractivity contribution in [2.45, 2.75) is 0 Å². The second-order valence-electron chi connectivity index (χ2n) is 5.73. The van der Waals surface area contributed by atoms with E-state index in [0.29, 0.717) is 22.7 Å². The Morgan fingerprint density at radius 1 is 0.778 bits per heavy atom. The molecular formula is C21H17FN2O3. The monoisotopic (exact) mass is 364 g/mol. The molecule has 3 rings (SSSR count). The van der Waals surface area contributed by atoms with Gasteiger partial charge in [-0.15, -0.1) is 0 Å². The lowest BCUT2D eigenvalue weighted by atomic mass is 10.1. The van der Waals surface area contributed by atoms with Gasteiger partial charge in [-0.25, -0.2) is 4.39 Å². The van der Waals surface area contributed by atoms with Gasteiger partial charge in [0.05, 0.1) is 7.11 Å². The number of ether oxygens (including phenoxy) is 1. The maximum atomic E-state index is 13.2. The summed E-state index contributed by atoms with van der Waals surface area (Å²) in [6.45, 7) is 0. The highest BCUT2D eigenvalue weighted by Gasteiger charge is 2.12. The Morgan fingerprint density at radius 2 is 1.33 bits per heavy atom. The van der Waals surface area contributed by atoms with Crippen LogP contribution in [-0.4, -0.2) is 18.9 Å². The van der Waals surface area contributed by atoms with Crippen LogP contribution in [0.2, 0.25) is 0 Å². The Kier molecular flexibility index (Phi) is 5.47. The van der Waals surface area contributed by atoms with E-state index in [4.69, 9.17) is 4.74 Å². The smallest absolute Gasteiger partial charge is 0.255 e. The van der Waals surface area contributed by atoms with Gasteiger partial charge in [0.15, 0.2) is 0 Å². The zero-order valence-electron chi connectivity index (χ0n) is 14.5. The van der Waals surface area contributed by atoms with Crippen LogP contribution in [0.15, 0.2) is 72.8 Å². The minimum atomic E-state index is -0.445. The van der Waals surface area contributed by atoms with Crippen LogP contribution in [0.1, 0.15) is 20.7 Å². The third kappa shape index (κ3) is 4.70. The molecule has 0 atom stereocenters. The molecule has 2 amide bonds. The number of anilines is 2. The minimum Gasteiger partial charge on any atom is -0.497 e. The van der Waals surface area contributed by atoms with E-state index in [0.717, 1.165) is 0 Å². The van der Waals surface area contributed by atoms with Crippen molar-refractivity contribution in [3.63, 3.8) is 0 Å². The van der Waals surface area contributed by atoms with Gasteiger partial charge in [-0.2, -0.15) is 0 Å². The summed E-state index contributed by atoms with van der Waals surface area (Å²) >= 11 is 0. The van der Waals surface area contributed by atoms with Crippen LogP contribution in [0.4, 0.5) is 15.8 Å². The molecule has 0 radical (unpaired) electrons. The molecule has 2 N–H and O–H groups in total. The topological polar surface area (TPSA) is 67.4 Å². The molecule has 0 aliphatic heterocycles. The number of amides is 2. The quantitative estimate of drug-likeness (QED) is 0.708. The molecule has 0 aromatic heterocycles. The van der Waals surface area contributed by atoms with Gasteiger partial charge in [0.25, 0.3) is 11.8 Å². The number of carbonyl (C=O) groups excluding carboxylic acids is 2. The molecule has 27 heavy (non-hydrogen) atoms. The van der Waals surface area contributed by atoms with Crippen molar-refractivity contribution in [1.82, 2.24) is 0 Å². The third-order valence-electron chi connectivity index (χ3n) is 3.80. The zero-order valence-corrected chi connectivity index (χ0v) is 14.5. The van der Waals surface area contributed by atoms with E-state index in [9.17, 15) is 14.0 Å². The van der Waals surface area contributed by atoms with E-state index in [2.05, 4.69) is 10.6 Å². The zero-order chi connectivity index (χ0) is 19.2. The highest BCUT2D eigenvalue weighted by atomic mass is 19.1. The van der Waals surface area contributed by atoms with Gasteiger partial charge in [0, 0.05) is 28.6 Å². The highest BCUT2D eigenvalue weighted by molar-refractivity contribution is 6.08. The number of rotatable bonds is 5. The van der Waals surface area contributed by atoms with Gasteiger partial charge in [0.1, 0.15) is 11.6 Å². The first-order chi connectivity index (χ1) is 13.0. The number of hydrogen-bond acceptors (Lipinski definition) is 3. The van der Waals surface area contributed by atoms with Crippen LogP contribution in [-0.2, 0) is 0 Å². The lowest BCUT2D eigenvalue weighted by Crippen LogP contribution is -2.15. The summed E-state index contributed by atoms with van der Waals surface area (Å²) in [6.07, 6.45) is 0. The van der Waals surface area contributed by atoms with E-state index >= 15 is 0 Å². The Balaban J connectivity index is 1.74. The van der Waals surface area contributed by atoms with Gasteiger partial charge in [-0.05, 0) is 48.5 Å². The van der Waals surface area contributed by atoms with Gasteiger partial charge in [-0.1, -0.05) is 18.2 Å². The lowest BCUT2D eigenvalue weighted by molar-refractivity contribution is 0.102. The van der Waals surface area contributed by atoms with Crippen molar-refractivity contribution in [3.05, 3.63) is 89.7 Å². The lowest BCUT2D eigenvalue weighted by Gasteiger charge is -2.09. The molecular weight excluding hydrogens is 347 g/mol. The SMILES string of the molecule is COc1cccc(NC(=O)c2cccc(C(=O)Nc3cccc(F)c3)c2)c1. The maximum Gasteiger partial charge on any atom is 0.255 e. The molecule has 0 spiro atoms. The van der Waals surface area contributed by atoms with Crippen LogP contribution in [0.25, 0.3) is 0 Å². The van der Waals surface area contributed by atoms with Crippen molar-refractivity contribution >= 4 is 23.2 Å². The average molecular weight is 364 g/mol. The van der Waals surface area contributed by atoms with E-state index in [1.165, 1.54) is 24.3 Å². The number of halogens is 1. The Hall–Kier alpha value is -3.67. The molecule has 0 unspecified atom stereocenters. The molecule has 0 aliphatic carbocycles. The predicted molar refractivity (Wildman–Crippen MR) is 102 cm³/mol. The van der Waals surface area contributed by atoms with E-state index in [1.807, 2.05) is 0 Å². The summed E-state index contributed by atoms with van der Waals surface area (Å²) in [5.74, 6) is -0.615. The number of hydrogen-bond donors (Lipinski definition) is 2. The maximum absolute atomic E-state index is 13.2. The first-order valence-electron chi connectivity index (χ1n) is 8.17. The number of benzene rings is 3. The summed E-state index contributed by atoms with van der Waals surface area (Å²) < 4.78 is 18.4. The molecule has 0 aliphatic rings. The van der Waals surface area contributed by atoms with E-state index in [-0.39, 0.29) is 11.5 Å². The summed E-state index contributed by atoms with van der Waals surface area (Å²) in [7, 11) is 1.54. The molecule has 5 nitrogen and oxygen atoms in total. The molecule has 0 saturated heterocycles. The summed E-state index contributed by atoms with van der Waals surface area (Å²) in [5.41, 5.74) is 1.53. The molecule has 3 aromatic rings. The van der Waals surface area contributed by atoms with Gasteiger partial charge >= 0.3 is 0 Å². The van der Waals surface area contributed by atoms with Gasteiger partial charge < -0.3 is 15.4 Å². The first-order valence-corrected chi connectivity index (χ1v) is 8.17. The standard InChI is InChI=1S/C21H17FN2O3/c1-27-19-10-4-9-18(13-19)24-21(26)15-6-2-5-14(11-15)20(25)23-17-8-3-7-16(22)12-17/h2-13H,1H3,(H,23,25)(H,24,26). The second kappa shape index (κ2) is 8.14. The number of carbonyl (C=O) groups is 2. The van der Waals surface area contributed by atoms with Gasteiger partial charge in [0.2, 0.25) is 0 Å². The van der Waals surface area contributed by atoms with Crippen molar-refractivity contribution in [2.75, 3.05) is 17.7 Å².